The number of anilines is 3. The molecule has 0 atom stereocenters. The summed E-state index contributed by atoms with van der Waals surface area (Å²) < 4.78 is 77.2. The van der Waals surface area contributed by atoms with E-state index in [4.69, 9.17) is 14.5 Å². The van der Waals surface area contributed by atoms with Crippen LogP contribution in [0.2, 0.25) is 0 Å². The summed E-state index contributed by atoms with van der Waals surface area (Å²) in [7, 11) is 1.89. The molecule has 2 heterocycles. The Kier molecular flexibility index (Phi) is 8.92. The van der Waals surface area contributed by atoms with Gasteiger partial charge in [-0.2, -0.15) is 0 Å². The number of hydrogen-bond acceptors (Lipinski definition) is 8. The van der Waals surface area contributed by atoms with E-state index in [1.807, 2.05) is 23.7 Å². The predicted octanol–water partition coefficient (Wildman–Crippen LogP) is 5.01. The summed E-state index contributed by atoms with van der Waals surface area (Å²) >= 11 is 0. The second-order valence-electron chi connectivity index (χ2n) is 9.25. The third-order valence-electron chi connectivity index (χ3n) is 6.65. The van der Waals surface area contributed by atoms with Crippen LogP contribution >= 0.6 is 0 Å². The number of nitrogens with one attached hydrogen (secondary N) is 1. The third kappa shape index (κ3) is 6.17. The number of methoxy groups -OCH3 is 2. The molecule has 2 aromatic heterocycles. The Hall–Kier alpha value is -4.04. The number of nitrogens with zero attached hydrogens (tertiary/aromatic N) is 5. The Balaban J connectivity index is 1.70. The molecule has 0 amide bonds. The molecule has 0 aliphatic carbocycles. The third-order valence-corrected chi connectivity index (χ3v) is 7.66. The van der Waals surface area contributed by atoms with Crippen LogP contribution in [0.3, 0.4) is 0 Å². The summed E-state index contributed by atoms with van der Waals surface area (Å²) in [6, 6.07) is 7.87. The average molecular weight is 593 g/mol. The largest absolute Gasteiger partial charge is 0.497 e. The predicted molar refractivity (Wildman–Crippen MR) is 151 cm³/mol. The summed E-state index contributed by atoms with van der Waals surface area (Å²) in [5.41, 5.74) is 2.92. The zero-order chi connectivity index (χ0) is 29.9. The van der Waals surface area contributed by atoms with Crippen LogP contribution in [0, 0.1) is 5.82 Å². The van der Waals surface area contributed by atoms with Crippen molar-refractivity contribution < 1.29 is 31.2 Å². The molecule has 4 rings (SSSR count). The molecule has 0 unspecified atom stereocenters. The van der Waals surface area contributed by atoms with Crippen molar-refractivity contribution in [3.05, 3.63) is 65.2 Å². The van der Waals surface area contributed by atoms with E-state index in [1.165, 1.54) is 6.07 Å². The van der Waals surface area contributed by atoms with E-state index in [9.17, 15) is 17.3 Å². The van der Waals surface area contributed by atoms with E-state index in [2.05, 4.69) is 10.3 Å². The molecule has 0 spiro atoms. The van der Waals surface area contributed by atoms with Gasteiger partial charge >= 0.3 is 0 Å². The fourth-order valence-corrected chi connectivity index (χ4v) is 4.90. The van der Waals surface area contributed by atoms with Crippen LogP contribution in [0.25, 0.3) is 11.0 Å². The van der Waals surface area contributed by atoms with Crippen LogP contribution in [0.5, 0.6) is 11.5 Å². The lowest BCUT2D eigenvalue weighted by atomic mass is 10.0. The lowest BCUT2D eigenvalue weighted by molar-refractivity contribution is 0.128. The highest BCUT2D eigenvalue weighted by Crippen LogP contribution is 2.34. The standard InChI is InChI=1S/C27H31F3N6O4S/c1-6-18-9-17(14-36(30)41(37,38)15-28)10-21(29)26(18)35(3)24-12-22-25(32-16-34(22)2)27(33-24)31-13-19-7-8-20(39-4)11-23(19)40-5/h7-12,16H,6,13-15H2,1-5H3,(H,31,33). The molecular weight excluding hydrogens is 561 g/mol. The van der Waals surface area contributed by atoms with Crippen LogP contribution in [0.15, 0.2) is 42.7 Å². The molecule has 0 saturated heterocycles. The van der Waals surface area contributed by atoms with Gasteiger partial charge < -0.3 is 24.3 Å². The number of imidazole rings is 1. The van der Waals surface area contributed by atoms with Crippen LogP contribution < -0.4 is 19.7 Å². The summed E-state index contributed by atoms with van der Waals surface area (Å²) in [5, 5.41) is 3.31. The van der Waals surface area contributed by atoms with Crippen molar-refractivity contribution in [1.29, 1.82) is 0 Å². The number of sulfonamides is 1. The minimum Gasteiger partial charge on any atom is -0.497 e. The van der Waals surface area contributed by atoms with Gasteiger partial charge in [0.2, 0.25) is 6.01 Å². The SMILES string of the molecule is CCc1cc(CN(F)S(=O)(=O)CF)cc(F)c1N(C)c1cc2c(ncn2C)c(NCc2ccc(OC)cc2OC)n1. The Bertz CT molecular complexity index is 1660. The first-order chi connectivity index (χ1) is 19.5. The molecule has 0 aliphatic heterocycles. The molecule has 2 aromatic carbocycles. The molecule has 220 valence electrons. The molecule has 0 fully saturated rings. The van der Waals surface area contributed by atoms with Crippen molar-refractivity contribution in [2.45, 2.75) is 26.4 Å². The fraction of sp³-hybridized carbons (Fsp3) is 0.333. The number of aromatic nitrogens is 3. The summed E-state index contributed by atoms with van der Waals surface area (Å²) in [5.74, 6) is 1.43. The maximum Gasteiger partial charge on any atom is 0.269 e. The van der Waals surface area contributed by atoms with Crippen molar-refractivity contribution in [2.75, 3.05) is 37.5 Å². The molecule has 0 radical (unpaired) electrons. The molecule has 10 nitrogen and oxygen atoms in total. The maximum absolute atomic E-state index is 15.5. The quantitative estimate of drug-likeness (QED) is 0.229. The van der Waals surface area contributed by atoms with Gasteiger partial charge in [0.25, 0.3) is 10.0 Å². The van der Waals surface area contributed by atoms with Crippen molar-refractivity contribution in [3.63, 3.8) is 0 Å². The summed E-state index contributed by atoms with van der Waals surface area (Å²) in [6.07, 6.45) is 2.00. The number of benzene rings is 2. The fourth-order valence-electron chi connectivity index (χ4n) is 4.45. The Morgan fingerprint density at radius 1 is 1.10 bits per heavy atom. The number of alkyl halides is 1. The van der Waals surface area contributed by atoms with Gasteiger partial charge in [-0.1, -0.05) is 13.0 Å². The molecule has 0 bridgehead atoms. The number of ether oxygens (including phenoxy) is 2. The number of rotatable bonds is 12. The van der Waals surface area contributed by atoms with Crippen molar-refractivity contribution in [1.82, 2.24) is 19.1 Å². The van der Waals surface area contributed by atoms with Gasteiger partial charge in [-0.25, -0.2) is 27.2 Å². The minimum atomic E-state index is -4.73. The van der Waals surface area contributed by atoms with Crippen LogP contribution in [-0.2, 0) is 36.6 Å². The van der Waals surface area contributed by atoms with Gasteiger partial charge in [-0.15, -0.1) is 4.48 Å². The minimum absolute atomic E-state index is 0.0434. The highest BCUT2D eigenvalue weighted by Gasteiger charge is 2.24. The second-order valence-corrected chi connectivity index (χ2v) is 11.0. The number of aryl methyl sites for hydroxylation is 2. The van der Waals surface area contributed by atoms with Crippen LogP contribution in [0.1, 0.15) is 23.6 Å². The van der Waals surface area contributed by atoms with E-state index in [0.29, 0.717) is 47.2 Å². The first kappa shape index (κ1) is 29.9. The lowest BCUT2D eigenvalue weighted by Gasteiger charge is -2.24. The number of hydrogen-bond donors (Lipinski definition) is 1. The lowest BCUT2D eigenvalue weighted by Crippen LogP contribution is -2.24. The zero-order valence-corrected chi connectivity index (χ0v) is 24.1. The van der Waals surface area contributed by atoms with Gasteiger partial charge in [0.15, 0.2) is 5.82 Å². The number of fused-ring (bicyclic) bond motifs is 1. The van der Waals surface area contributed by atoms with Gasteiger partial charge in [-0.3, -0.25) is 0 Å². The second kappa shape index (κ2) is 12.2. The highest BCUT2D eigenvalue weighted by atomic mass is 32.2. The van der Waals surface area contributed by atoms with Crippen molar-refractivity contribution >= 4 is 38.4 Å². The molecule has 1 N–H and O–H groups in total. The highest BCUT2D eigenvalue weighted by molar-refractivity contribution is 7.88. The topological polar surface area (TPSA) is 102 Å². The van der Waals surface area contributed by atoms with Gasteiger partial charge in [-0.05, 0) is 40.3 Å². The monoisotopic (exact) mass is 592 g/mol. The molecule has 4 aromatic rings. The van der Waals surface area contributed by atoms with E-state index in [-0.39, 0.29) is 11.3 Å². The smallest absolute Gasteiger partial charge is 0.269 e. The van der Waals surface area contributed by atoms with Crippen LogP contribution in [0.4, 0.5) is 30.6 Å². The first-order valence-electron chi connectivity index (χ1n) is 12.6. The Labute approximate surface area is 236 Å². The van der Waals surface area contributed by atoms with Gasteiger partial charge in [0.1, 0.15) is 28.7 Å². The molecule has 14 heteroatoms. The van der Waals surface area contributed by atoms with Gasteiger partial charge in [0, 0.05) is 38.3 Å². The van der Waals surface area contributed by atoms with E-state index >= 15 is 4.39 Å². The first-order valence-corrected chi connectivity index (χ1v) is 14.2. The van der Waals surface area contributed by atoms with Crippen molar-refractivity contribution in [3.8, 4) is 11.5 Å². The average Bonchev–Trinajstić information content (AvgIpc) is 3.35. The Morgan fingerprint density at radius 3 is 2.51 bits per heavy atom. The Morgan fingerprint density at radius 2 is 1.85 bits per heavy atom. The molecule has 0 aliphatic rings. The van der Waals surface area contributed by atoms with Crippen molar-refractivity contribution in [2.24, 2.45) is 7.05 Å². The number of halogens is 3. The zero-order valence-electron chi connectivity index (χ0n) is 23.3. The number of pyridine rings is 1. The maximum atomic E-state index is 15.5. The molecular formula is C27H31F3N6O4S. The summed E-state index contributed by atoms with van der Waals surface area (Å²) in [4.78, 5) is 10.8. The molecule has 41 heavy (non-hydrogen) atoms. The van der Waals surface area contributed by atoms with E-state index in [1.54, 1.807) is 51.6 Å². The van der Waals surface area contributed by atoms with E-state index in [0.717, 1.165) is 17.1 Å². The normalized spacial score (nSPS) is 11.7. The van der Waals surface area contributed by atoms with Crippen LogP contribution in [-0.4, -0.2) is 54.8 Å². The summed E-state index contributed by atoms with van der Waals surface area (Å²) in [6.45, 7) is 1.32. The van der Waals surface area contributed by atoms with Gasteiger partial charge in [0.05, 0.1) is 38.3 Å². The molecule has 0 saturated carbocycles. The van der Waals surface area contributed by atoms with E-state index < -0.39 is 32.9 Å².